The van der Waals surface area contributed by atoms with Gasteiger partial charge in [0.15, 0.2) is 11.5 Å². The second kappa shape index (κ2) is 11.3. The molecule has 2 aromatic carbocycles. The highest BCUT2D eigenvalue weighted by molar-refractivity contribution is 6.30. The fourth-order valence-corrected chi connectivity index (χ4v) is 3.09. The second-order valence-electron chi connectivity index (χ2n) is 6.61. The van der Waals surface area contributed by atoms with Crippen LogP contribution in [0.25, 0.3) is 0 Å². The lowest BCUT2D eigenvalue weighted by Gasteiger charge is -2.21. The molecule has 0 aliphatic carbocycles. The zero-order valence-electron chi connectivity index (χ0n) is 17.7. The van der Waals surface area contributed by atoms with E-state index in [4.69, 9.17) is 25.8 Å². The largest absolute Gasteiger partial charge is 0.493 e. The van der Waals surface area contributed by atoms with Crippen molar-refractivity contribution in [3.63, 3.8) is 0 Å². The molecule has 162 valence electrons. The number of halogens is 1. The zero-order valence-corrected chi connectivity index (χ0v) is 18.4. The van der Waals surface area contributed by atoms with Gasteiger partial charge in [-0.3, -0.25) is 9.59 Å². The minimum absolute atomic E-state index is 0.0346. The highest BCUT2D eigenvalue weighted by atomic mass is 35.5. The van der Waals surface area contributed by atoms with Crippen molar-refractivity contribution in [1.82, 2.24) is 10.2 Å². The van der Waals surface area contributed by atoms with Crippen LogP contribution in [0.2, 0.25) is 5.02 Å². The minimum Gasteiger partial charge on any atom is -0.493 e. The van der Waals surface area contributed by atoms with E-state index >= 15 is 0 Å². The Bertz CT molecular complexity index is 871. The van der Waals surface area contributed by atoms with Crippen LogP contribution < -0.4 is 19.5 Å². The molecule has 0 unspecified atom stereocenters. The third-order valence-corrected chi connectivity index (χ3v) is 4.83. The lowest BCUT2D eigenvalue weighted by molar-refractivity contribution is -0.130. The van der Waals surface area contributed by atoms with Gasteiger partial charge in [0.25, 0.3) is 5.91 Å². The van der Waals surface area contributed by atoms with Crippen LogP contribution in [0.1, 0.15) is 28.8 Å². The molecule has 0 heterocycles. The predicted molar refractivity (Wildman–Crippen MR) is 116 cm³/mol. The molecule has 0 aliphatic heterocycles. The van der Waals surface area contributed by atoms with Crippen molar-refractivity contribution in [1.29, 1.82) is 0 Å². The molecule has 2 amide bonds. The van der Waals surface area contributed by atoms with E-state index < -0.39 is 0 Å². The zero-order chi connectivity index (χ0) is 22.1. The second-order valence-corrected chi connectivity index (χ2v) is 7.05. The smallest absolute Gasteiger partial charge is 0.251 e. The first kappa shape index (κ1) is 23.3. The number of amides is 2. The summed E-state index contributed by atoms with van der Waals surface area (Å²) in [5.41, 5.74) is 1.34. The highest BCUT2D eigenvalue weighted by Crippen LogP contribution is 2.40. The molecule has 0 saturated heterocycles. The fourth-order valence-electron chi connectivity index (χ4n) is 2.97. The van der Waals surface area contributed by atoms with Crippen molar-refractivity contribution >= 4 is 23.4 Å². The summed E-state index contributed by atoms with van der Waals surface area (Å²) in [5, 5.41) is 3.38. The third-order valence-electron chi connectivity index (χ3n) is 4.58. The summed E-state index contributed by atoms with van der Waals surface area (Å²) in [5.74, 6) is 1.36. The summed E-state index contributed by atoms with van der Waals surface area (Å²) < 4.78 is 16.1. The van der Waals surface area contributed by atoms with Crippen LogP contribution >= 0.6 is 11.6 Å². The summed E-state index contributed by atoms with van der Waals surface area (Å²) >= 11 is 5.82. The Morgan fingerprint density at radius 2 is 1.63 bits per heavy atom. The van der Waals surface area contributed by atoms with Gasteiger partial charge in [-0.25, -0.2) is 0 Å². The number of carbonyl (C=O) groups is 2. The predicted octanol–water partition coefficient (Wildman–Crippen LogP) is 3.53. The standard InChI is InChI=1S/C22H27ClN2O5/c1-25(14-16-9-12-18(28-2)21(30-4)20(16)29-3)19(26)6-5-13-24-22(27)15-7-10-17(23)11-8-15/h7-12H,5-6,13-14H2,1-4H3,(H,24,27). The number of nitrogens with one attached hydrogen (secondary N) is 1. The molecule has 0 fully saturated rings. The van der Waals surface area contributed by atoms with Crippen molar-refractivity contribution in [2.24, 2.45) is 0 Å². The van der Waals surface area contributed by atoms with Gasteiger partial charge < -0.3 is 24.4 Å². The van der Waals surface area contributed by atoms with Gasteiger partial charge in [0, 0.05) is 42.7 Å². The molecule has 0 aliphatic rings. The van der Waals surface area contributed by atoms with Gasteiger partial charge in [-0.15, -0.1) is 0 Å². The van der Waals surface area contributed by atoms with E-state index in [-0.39, 0.29) is 11.8 Å². The number of ether oxygens (including phenoxy) is 3. The molecule has 0 saturated carbocycles. The van der Waals surface area contributed by atoms with Gasteiger partial charge in [0.1, 0.15) is 0 Å². The van der Waals surface area contributed by atoms with Gasteiger partial charge in [0.2, 0.25) is 11.7 Å². The molecule has 7 nitrogen and oxygen atoms in total. The molecule has 30 heavy (non-hydrogen) atoms. The van der Waals surface area contributed by atoms with Gasteiger partial charge in [0.05, 0.1) is 21.3 Å². The van der Waals surface area contributed by atoms with Gasteiger partial charge in [-0.2, -0.15) is 0 Å². The summed E-state index contributed by atoms with van der Waals surface area (Å²) in [6.07, 6.45) is 0.846. The molecular weight excluding hydrogens is 408 g/mol. The Hall–Kier alpha value is -2.93. The Morgan fingerprint density at radius 3 is 2.23 bits per heavy atom. The molecule has 8 heteroatoms. The Kier molecular flexibility index (Phi) is 8.80. The van der Waals surface area contributed by atoms with Gasteiger partial charge in [-0.1, -0.05) is 11.6 Å². The lowest BCUT2D eigenvalue weighted by Crippen LogP contribution is -2.29. The van der Waals surface area contributed by atoms with E-state index in [0.717, 1.165) is 5.56 Å². The molecular formula is C22H27ClN2O5. The molecule has 2 aromatic rings. The van der Waals surface area contributed by atoms with Crippen molar-refractivity contribution in [3.05, 3.63) is 52.5 Å². The van der Waals surface area contributed by atoms with E-state index in [1.54, 1.807) is 56.5 Å². The number of hydrogen-bond donors (Lipinski definition) is 1. The molecule has 0 aromatic heterocycles. The maximum absolute atomic E-state index is 12.5. The third kappa shape index (κ3) is 6.03. The van der Waals surface area contributed by atoms with Crippen LogP contribution in [0.15, 0.2) is 36.4 Å². The molecule has 2 rings (SSSR count). The minimum atomic E-state index is -0.192. The molecule has 0 bridgehead atoms. The average Bonchev–Trinajstić information content (AvgIpc) is 2.76. The highest BCUT2D eigenvalue weighted by Gasteiger charge is 2.18. The normalized spacial score (nSPS) is 10.3. The van der Waals surface area contributed by atoms with E-state index in [9.17, 15) is 9.59 Å². The SMILES string of the molecule is COc1ccc(CN(C)C(=O)CCCNC(=O)c2ccc(Cl)cc2)c(OC)c1OC. The monoisotopic (exact) mass is 434 g/mol. The first-order valence-corrected chi connectivity index (χ1v) is 9.84. The van der Waals surface area contributed by atoms with Crippen LogP contribution in [-0.4, -0.2) is 51.6 Å². The summed E-state index contributed by atoms with van der Waals surface area (Å²) in [4.78, 5) is 26.2. The Labute approximate surface area is 181 Å². The van der Waals surface area contributed by atoms with Crippen molar-refractivity contribution in [3.8, 4) is 17.2 Å². The number of hydrogen-bond acceptors (Lipinski definition) is 5. The number of carbonyl (C=O) groups excluding carboxylic acids is 2. The van der Waals surface area contributed by atoms with Crippen LogP contribution in [-0.2, 0) is 11.3 Å². The number of rotatable bonds is 10. The van der Waals surface area contributed by atoms with E-state index in [1.807, 2.05) is 6.07 Å². The number of nitrogens with zero attached hydrogens (tertiary/aromatic N) is 1. The van der Waals surface area contributed by atoms with E-state index in [1.165, 1.54) is 7.11 Å². The number of benzene rings is 2. The first-order chi connectivity index (χ1) is 14.4. The molecule has 1 N–H and O–H groups in total. The topological polar surface area (TPSA) is 77.1 Å². The average molecular weight is 435 g/mol. The quantitative estimate of drug-likeness (QED) is 0.579. The summed E-state index contributed by atoms with van der Waals surface area (Å²) in [6.45, 7) is 0.764. The molecule has 0 radical (unpaired) electrons. The van der Waals surface area contributed by atoms with E-state index in [0.29, 0.717) is 53.8 Å². The fraction of sp³-hybridized carbons (Fsp3) is 0.364. The molecule has 0 spiro atoms. The van der Waals surface area contributed by atoms with Crippen molar-refractivity contribution in [2.45, 2.75) is 19.4 Å². The first-order valence-electron chi connectivity index (χ1n) is 9.46. The van der Waals surface area contributed by atoms with Crippen LogP contribution in [0.4, 0.5) is 0 Å². The van der Waals surface area contributed by atoms with Crippen LogP contribution in [0.5, 0.6) is 17.2 Å². The van der Waals surface area contributed by atoms with Crippen LogP contribution in [0, 0.1) is 0 Å². The maximum atomic E-state index is 12.5. The van der Waals surface area contributed by atoms with E-state index in [2.05, 4.69) is 5.32 Å². The maximum Gasteiger partial charge on any atom is 0.251 e. The number of methoxy groups -OCH3 is 3. The van der Waals surface area contributed by atoms with Gasteiger partial charge in [-0.05, 0) is 42.8 Å². The lowest BCUT2D eigenvalue weighted by atomic mass is 10.1. The summed E-state index contributed by atoms with van der Waals surface area (Å²) in [6, 6.07) is 10.3. The van der Waals surface area contributed by atoms with Crippen molar-refractivity contribution in [2.75, 3.05) is 34.9 Å². The summed E-state index contributed by atoms with van der Waals surface area (Å²) in [7, 11) is 6.37. The molecule has 0 atom stereocenters. The van der Waals surface area contributed by atoms with Gasteiger partial charge >= 0.3 is 0 Å². The van der Waals surface area contributed by atoms with Crippen molar-refractivity contribution < 1.29 is 23.8 Å². The van der Waals surface area contributed by atoms with Crippen LogP contribution in [0.3, 0.4) is 0 Å². The Balaban J connectivity index is 1.86. The Morgan fingerprint density at radius 1 is 0.967 bits per heavy atom.